The third-order valence-corrected chi connectivity index (χ3v) is 2.95. The lowest BCUT2D eigenvalue weighted by Crippen LogP contribution is -2.16. The summed E-state index contributed by atoms with van der Waals surface area (Å²) in [6.45, 7) is 8.27. The van der Waals surface area contributed by atoms with E-state index in [1.807, 2.05) is 6.92 Å². The Balaban J connectivity index is 2.98. The predicted molar refractivity (Wildman–Crippen MR) is 70.2 cm³/mol. The van der Waals surface area contributed by atoms with Crippen molar-refractivity contribution in [2.75, 3.05) is 6.61 Å². The number of ether oxygens (including phenoxy) is 2. The van der Waals surface area contributed by atoms with E-state index in [9.17, 15) is 10.2 Å². The molecule has 1 aromatic rings. The first-order valence-electron chi connectivity index (χ1n) is 6.33. The van der Waals surface area contributed by atoms with Crippen molar-refractivity contribution in [2.24, 2.45) is 0 Å². The average Bonchev–Trinajstić information content (AvgIpc) is 2.34. The summed E-state index contributed by atoms with van der Waals surface area (Å²) in [7, 11) is 0. The van der Waals surface area contributed by atoms with Crippen molar-refractivity contribution in [2.45, 2.75) is 46.3 Å². The molecule has 0 saturated carbocycles. The van der Waals surface area contributed by atoms with Crippen LogP contribution in [0.1, 0.15) is 45.6 Å². The van der Waals surface area contributed by atoms with Gasteiger partial charge in [0.05, 0.1) is 0 Å². The zero-order valence-corrected chi connectivity index (χ0v) is 11.4. The van der Waals surface area contributed by atoms with E-state index in [1.54, 1.807) is 19.1 Å². The Bertz CT molecular complexity index is 390. The van der Waals surface area contributed by atoms with E-state index >= 15 is 0 Å². The van der Waals surface area contributed by atoms with Crippen molar-refractivity contribution >= 4 is 0 Å². The molecule has 0 fully saturated rings. The Kier molecular flexibility index (Phi) is 5.28. The van der Waals surface area contributed by atoms with Gasteiger partial charge in [0.1, 0.15) is 0 Å². The molecular weight excluding hydrogens is 232 g/mol. The summed E-state index contributed by atoms with van der Waals surface area (Å²) < 4.78 is 10.7. The van der Waals surface area contributed by atoms with E-state index in [1.165, 1.54) is 0 Å². The first-order valence-corrected chi connectivity index (χ1v) is 6.33. The van der Waals surface area contributed by atoms with Crippen LogP contribution in [0.25, 0.3) is 0 Å². The number of rotatable bonds is 6. The van der Waals surface area contributed by atoms with Crippen LogP contribution in [0.4, 0.5) is 0 Å². The molecular formula is C14H22O4. The molecule has 18 heavy (non-hydrogen) atoms. The van der Waals surface area contributed by atoms with E-state index in [0.29, 0.717) is 12.5 Å². The van der Waals surface area contributed by atoms with Crippen LogP contribution in [0.15, 0.2) is 12.1 Å². The zero-order valence-electron chi connectivity index (χ0n) is 11.4. The number of hydrogen-bond donors (Lipinski definition) is 2. The summed E-state index contributed by atoms with van der Waals surface area (Å²) >= 11 is 0. The number of phenols is 2. The Hall–Kier alpha value is -1.42. The predicted octanol–water partition coefficient (Wildman–Crippen LogP) is 3.37. The van der Waals surface area contributed by atoms with Crippen molar-refractivity contribution in [3.63, 3.8) is 0 Å². The number of aromatic hydroxyl groups is 2. The summed E-state index contributed by atoms with van der Waals surface area (Å²) in [5.74, 6) is 0.146. The molecule has 0 spiro atoms. The Morgan fingerprint density at radius 1 is 1.17 bits per heavy atom. The molecule has 0 amide bonds. The lowest BCUT2D eigenvalue weighted by Gasteiger charge is -2.18. The second-order valence-electron chi connectivity index (χ2n) is 4.34. The van der Waals surface area contributed by atoms with Crippen molar-refractivity contribution in [3.05, 3.63) is 17.7 Å². The lowest BCUT2D eigenvalue weighted by atomic mass is 9.98. The van der Waals surface area contributed by atoms with E-state index in [4.69, 9.17) is 9.47 Å². The fourth-order valence-corrected chi connectivity index (χ4v) is 1.67. The molecule has 0 aliphatic carbocycles. The van der Waals surface area contributed by atoms with Gasteiger partial charge in [-0.2, -0.15) is 0 Å². The van der Waals surface area contributed by atoms with Gasteiger partial charge in [0.25, 0.3) is 0 Å². The molecule has 0 aliphatic heterocycles. The summed E-state index contributed by atoms with van der Waals surface area (Å²) in [4.78, 5) is 0. The van der Waals surface area contributed by atoms with Gasteiger partial charge in [-0.1, -0.05) is 13.8 Å². The van der Waals surface area contributed by atoms with E-state index in [2.05, 4.69) is 13.8 Å². The highest BCUT2D eigenvalue weighted by molar-refractivity contribution is 5.52. The van der Waals surface area contributed by atoms with Crippen LogP contribution in [0.5, 0.6) is 17.2 Å². The summed E-state index contributed by atoms with van der Waals surface area (Å²) in [5, 5.41) is 19.5. The number of phenolic OH excluding ortho intramolecular Hbond substituents is 2. The third-order valence-electron chi connectivity index (χ3n) is 2.95. The first kappa shape index (κ1) is 14.6. The highest BCUT2D eigenvalue weighted by atomic mass is 16.7. The topological polar surface area (TPSA) is 58.9 Å². The van der Waals surface area contributed by atoms with Crippen LogP contribution in [-0.4, -0.2) is 23.1 Å². The highest BCUT2D eigenvalue weighted by Crippen LogP contribution is 2.39. The normalized spacial score (nSPS) is 14.2. The van der Waals surface area contributed by atoms with Crippen LogP contribution >= 0.6 is 0 Å². The maximum atomic E-state index is 9.76. The minimum absolute atomic E-state index is 0.161. The van der Waals surface area contributed by atoms with E-state index in [-0.39, 0.29) is 17.2 Å². The molecule has 0 radical (unpaired) electrons. The molecule has 4 heteroatoms. The molecule has 2 unspecified atom stereocenters. The van der Waals surface area contributed by atoms with Gasteiger partial charge in [0, 0.05) is 6.61 Å². The molecule has 0 aromatic heterocycles. The number of hydrogen-bond acceptors (Lipinski definition) is 4. The Morgan fingerprint density at radius 2 is 1.83 bits per heavy atom. The van der Waals surface area contributed by atoms with Crippen LogP contribution in [0.3, 0.4) is 0 Å². The first-order chi connectivity index (χ1) is 8.49. The fourth-order valence-electron chi connectivity index (χ4n) is 1.67. The van der Waals surface area contributed by atoms with Crippen LogP contribution in [-0.2, 0) is 4.74 Å². The molecule has 0 bridgehead atoms. The smallest absolute Gasteiger partial charge is 0.200 e. The molecule has 1 aromatic carbocycles. The van der Waals surface area contributed by atoms with E-state index in [0.717, 1.165) is 12.0 Å². The fraction of sp³-hybridized carbons (Fsp3) is 0.571. The summed E-state index contributed by atoms with van der Waals surface area (Å²) in [6.07, 6.45) is 0.484. The minimum atomic E-state index is -0.465. The average molecular weight is 254 g/mol. The quantitative estimate of drug-likeness (QED) is 0.603. The second kappa shape index (κ2) is 6.50. The molecule has 4 nitrogen and oxygen atoms in total. The Labute approximate surface area is 108 Å². The van der Waals surface area contributed by atoms with E-state index < -0.39 is 6.29 Å². The standard InChI is InChI=1S/C14H22O4/c1-5-9(3)11-7-12(15)14(16)13(8-11)18-10(4)17-6-2/h7-10,15-16H,5-6H2,1-4H3. The zero-order chi connectivity index (χ0) is 13.7. The largest absolute Gasteiger partial charge is 0.504 e. The van der Waals surface area contributed by atoms with Gasteiger partial charge in [-0.15, -0.1) is 0 Å². The van der Waals surface area contributed by atoms with Gasteiger partial charge < -0.3 is 19.7 Å². The van der Waals surface area contributed by atoms with Crippen LogP contribution in [0, 0.1) is 0 Å². The van der Waals surface area contributed by atoms with Gasteiger partial charge >= 0.3 is 0 Å². The van der Waals surface area contributed by atoms with Gasteiger partial charge in [-0.25, -0.2) is 0 Å². The van der Waals surface area contributed by atoms with Gasteiger partial charge in [-0.05, 0) is 43.9 Å². The van der Waals surface area contributed by atoms with Gasteiger partial charge in [0.2, 0.25) is 5.75 Å². The van der Waals surface area contributed by atoms with Gasteiger partial charge in [-0.3, -0.25) is 0 Å². The maximum Gasteiger partial charge on any atom is 0.200 e. The molecule has 0 heterocycles. The van der Waals surface area contributed by atoms with Crippen molar-refractivity contribution in [3.8, 4) is 17.2 Å². The van der Waals surface area contributed by atoms with Crippen molar-refractivity contribution < 1.29 is 19.7 Å². The Morgan fingerprint density at radius 3 is 2.39 bits per heavy atom. The molecule has 2 atom stereocenters. The summed E-state index contributed by atoms with van der Waals surface area (Å²) in [5.41, 5.74) is 0.937. The monoisotopic (exact) mass is 254 g/mol. The molecule has 1 rings (SSSR count). The summed E-state index contributed by atoms with van der Waals surface area (Å²) in [6, 6.07) is 3.32. The van der Waals surface area contributed by atoms with Crippen LogP contribution < -0.4 is 4.74 Å². The van der Waals surface area contributed by atoms with Crippen molar-refractivity contribution in [1.82, 2.24) is 0 Å². The van der Waals surface area contributed by atoms with Gasteiger partial charge in [0.15, 0.2) is 17.8 Å². The minimum Gasteiger partial charge on any atom is -0.504 e. The maximum absolute atomic E-state index is 9.76. The molecule has 0 aliphatic rings. The second-order valence-corrected chi connectivity index (χ2v) is 4.34. The molecule has 0 saturated heterocycles. The van der Waals surface area contributed by atoms with Crippen molar-refractivity contribution in [1.29, 1.82) is 0 Å². The lowest BCUT2D eigenvalue weighted by molar-refractivity contribution is -0.0625. The molecule has 2 N–H and O–H groups in total. The SMILES string of the molecule is CCOC(C)Oc1cc(C(C)CC)cc(O)c1O. The number of benzene rings is 1. The third kappa shape index (κ3) is 3.53. The van der Waals surface area contributed by atoms with Crippen LogP contribution in [0.2, 0.25) is 0 Å². The molecule has 102 valence electrons. The highest BCUT2D eigenvalue weighted by Gasteiger charge is 2.15.